The van der Waals surface area contributed by atoms with E-state index in [1.807, 2.05) is 6.26 Å². The Hall–Kier alpha value is -0.460. The lowest BCUT2D eigenvalue weighted by atomic mass is 9.81. The summed E-state index contributed by atoms with van der Waals surface area (Å²) in [5, 5.41) is 0. The normalized spacial score (nSPS) is 25.7. The highest BCUT2D eigenvalue weighted by Crippen LogP contribution is 2.33. The van der Waals surface area contributed by atoms with Crippen LogP contribution in [-0.2, 0) is 4.74 Å². The molecule has 0 amide bonds. The van der Waals surface area contributed by atoms with Crippen LogP contribution in [0.25, 0.3) is 0 Å². The zero-order valence-corrected chi connectivity index (χ0v) is 9.88. The molecule has 1 heteroatoms. The van der Waals surface area contributed by atoms with E-state index < -0.39 is 0 Å². The first kappa shape index (κ1) is 11.6. The van der Waals surface area contributed by atoms with Gasteiger partial charge in [-0.05, 0) is 43.1 Å². The lowest BCUT2D eigenvalue weighted by Crippen LogP contribution is -2.11. The van der Waals surface area contributed by atoms with Crippen LogP contribution in [0.2, 0.25) is 0 Å². The van der Waals surface area contributed by atoms with Gasteiger partial charge in [-0.1, -0.05) is 26.7 Å². The summed E-state index contributed by atoms with van der Waals surface area (Å²) in [6.07, 6.45) is 10.1. The summed E-state index contributed by atoms with van der Waals surface area (Å²) in [5.41, 5.74) is 1.56. The third kappa shape index (κ3) is 3.73. The Labute approximate surface area is 88.5 Å². The van der Waals surface area contributed by atoms with Crippen LogP contribution in [0.5, 0.6) is 0 Å². The first-order chi connectivity index (χ1) is 6.74. The van der Waals surface area contributed by atoms with Crippen molar-refractivity contribution in [2.75, 3.05) is 7.11 Å². The molecule has 1 saturated carbocycles. The van der Waals surface area contributed by atoms with Crippen LogP contribution in [0.4, 0.5) is 0 Å². The maximum Gasteiger partial charge on any atom is 0.0819 e. The molecule has 0 aromatic rings. The van der Waals surface area contributed by atoms with Gasteiger partial charge in [0.15, 0.2) is 0 Å². The monoisotopic (exact) mass is 196 g/mol. The second-order valence-corrected chi connectivity index (χ2v) is 4.84. The first-order valence-electron chi connectivity index (χ1n) is 5.95. The minimum atomic E-state index is 0.811. The van der Waals surface area contributed by atoms with Gasteiger partial charge in [0.1, 0.15) is 0 Å². The summed E-state index contributed by atoms with van der Waals surface area (Å²) in [6.45, 7) is 4.62. The zero-order chi connectivity index (χ0) is 10.4. The summed E-state index contributed by atoms with van der Waals surface area (Å²) in [4.78, 5) is 0. The van der Waals surface area contributed by atoms with E-state index in [0.29, 0.717) is 0 Å². The van der Waals surface area contributed by atoms with E-state index in [0.717, 1.165) is 11.8 Å². The van der Waals surface area contributed by atoms with Gasteiger partial charge in [-0.2, -0.15) is 0 Å². The fourth-order valence-electron chi connectivity index (χ4n) is 2.28. The molecule has 82 valence electrons. The van der Waals surface area contributed by atoms with Crippen molar-refractivity contribution in [2.45, 2.75) is 52.4 Å². The SMILES string of the molecule is COC=C1CCCCC1CCC(C)C. The standard InChI is InChI=1S/C13H24O/c1-11(2)8-9-12-6-4-5-7-13(12)10-14-3/h10-12H,4-9H2,1-3H3. The molecule has 0 saturated heterocycles. The van der Waals surface area contributed by atoms with Gasteiger partial charge in [0, 0.05) is 0 Å². The second kappa shape index (κ2) is 6.10. The van der Waals surface area contributed by atoms with Gasteiger partial charge in [0.2, 0.25) is 0 Å². The van der Waals surface area contributed by atoms with Crippen molar-refractivity contribution in [3.05, 3.63) is 11.8 Å². The van der Waals surface area contributed by atoms with E-state index in [1.54, 1.807) is 12.7 Å². The van der Waals surface area contributed by atoms with Crippen molar-refractivity contribution in [2.24, 2.45) is 11.8 Å². The third-order valence-electron chi connectivity index (χ3n) is 3.15. The van der Waals surface area contributed by atoms with Crippen LogP contribution >= 0.6 is 0 Å². The van der Waals surface area contributed by atoms with Gasteiger partial charge in [-0.15, -0.1) is 0 Å². The number of hydrogen-bond acceptors (Lipinski definition) is 1. The highest BCUT2D eigenvalue weighted by atomic mass is 16.5. The van der Waals surface area contributed by atoms with Gasteiger partial charge in [-0.3, -0.25) is 0 Å². The molecule has 0 aromatic carbocycles. The van der Waals surface area contributed by atoms with Gasteiger partial charge < -0.3 is 4.74 Å². The fourth-order valence-corrected chi connectivity index (χ4v) is 2.28. The topological polar surface area (TPSA) is 9.23 Å². The molecular weight excluding hydrogens is 172 g/mol. The van der Waals surface area contributed by atoms with Crippen molar-refractivity contribution >= 4 is 0 Å². The van der Waals surface area contributed by atoms with E-state index in [9.17, 15) is 0 Å². The predicted molar refractivity (Wildman–Crippen MR) is 61.1 cm³/mol. The first-order valence-corrected chi connectivity index (χ1v) is 5.95. The highest BCUT2D eigenvalue weighted by Gasteiger charge is 2.19. The van der Waals surface area contributed by atoms with E-state index >= 15 is 0 Å². The van der Waals surface area contributed by atoms with E-state index in [2.05, 4.69) is 13.8 Å². The lowest BCUT2D eigenvalue weighted by molar-refractivity contribution is 0.310. The molecule has 0 aromatic heterocycles. The molecule has 1 nitrogen and oxygen atoms in total. The van der Waals surface area contributed by atoms with Crippen LogP contribution in [-0.4, -0.2) is 7.11 Å². The summed E-state index contributed by atoms with van der Waals surface area (Å²) in [7, 11) is 1.76. The van der Waals surface area contributed by atoms with Crippen molar-refractivity contribution in [3.8, 4) is 0 Å². The van der Waals surface area contributed by atoms with Crippen LogP contribution in [0.1, 0.15) is 52.4 Å². The Morgan fingerprint density at radius 1 is 1.43 bits per heavy atom. The summed E-state index contributed by atoms with van der Waals surface area (Å²) in [6, 6.07) is 0. The molecule has 1 atom stereocenters. The average Bonchev–Trinajstić information content (AvgIpc) is 2.17. The Morgan fingerprint density at radius 2 is 2.21 bits per heavy atom. The Balaban J connectivity index is 2.42. The fraction of sp³-hybridized carbons (Fsp3) is 0.846. The molecule has 0 aliphatic heterocycles. The maximum absolute atomic E-state index is 5.16. The quantitative estimate of drug-likeness (QED) is 0.614. The molecule has 0 N–H and O–H groups in total. The number of allylic oxidation sites excluding steroid dienone is 1. The van der Waals surface area contributed by atoms with E-state index in [1.165, 1.54) is 38.5 Å². The molecule has 1 aliphatic carbocycles. The Bertz CT molecular complexity index is 182. The molecule has 1 unspecified atom stereocenters. The summed E-state index contributed by atoms with van der Waals surface area (Å²) in [5.74, 6) is 1.65. The van der Waals surface area contributed by atoms with Crippen LogP contribution in [0, 0.1) is 11.8 Å². The maximum atomic E-state index is 5.16. The minimum Gasteiger partial charge on any atom is -0.504 e. The van der Waals surface area contributed by atoms with Crippen molar-refractivity contribution in [3.63, 3.8) is 0 Å². The molecule has 14 heavy (non-hydrogen) atoms. The molecular formula is C13H24O. The largest absolute Gasteiger partial charge is 0.504 e. The van der Waals surface area contributed by atoms with E-state index in [4.69, 9.17) is 4.74 Å². The van der Waals surface area contributed by atoms with E-state index in [-0.39, 0.29) is 0 Å². The van der Waals surface area contributed by atoms with Gasteiger partial charge in [0.25, 0.3) is 0 Å². The highest BCUT2D eigenvalue weighted by molar-refractivity contribution is 5.06. The second-order valence-electron chi connectivity index (χ2n) is 4.84. The van der Waals surface area contributed by atoms with Gasteiger partial charge >= 0.3 is 0 Å². The van der Waals surface area contributed by atoms with Crippen LogP contribution < -0.4 is 0 Å². The molecule has 1 rings (SSSR count). The van der Waals surface area contributed by atoms with Crippen molar-refractivity contribution < 1.29 is 4.74 Å². The van der Waals surface area contributed by atoms with Crippen molar-refractivity contribution in [1.82, 2.24) is 0 Å². The number of rotatable bonds is 4. The number of ether oxygens (including phenoxy) is 1. The summed E-state index contributed by atoms with van der Waals surface area (Å²) < 4.78 is 5.16. The lowest BCUT2D eigenvalue weighted by Gasteiger charge is -2.25. The molecule has 1 fully saturated rings. The van der Waals surface area contributed by atoms with Gasteiger partial charge in [-0.25, -0.2) is 0 Å². The van der Waals surface area contributed by atoms with Crippen molar-refractivity contribution in [1.29, 1.82) is 0 Å². The molecule has 0 heterocycles. The zero-order valence-electron chi connectivity index (χ0n) is 9.88. The Kier molecular flexibility index (Phi) is 5.06. The predicted octanol–water partition coefficient (Wildman–Crippen LogP) is 4.14. The van der Waals surface area contributed by atoms with Gasteiger partial charge in [0.05, 0.1) is 13.4 Å². The Morgan fingerprint density at radius 3 is 2.86 bits per heavy atom. The van der Waals surface area contributed by atoms with Crippen LogP contribution in [0.15, 0.2) is 11.8 Å². The molecule has 0 spiro atoms. The molecule has 0 radical (unpaired) electrons. The average molecular weight is 196 g/mol. The number of hydrogen-bond donors (Lipinski definition) is 0. The molecule has 1 aliphatic rings. The number of methoxy groups -OCH3 is 1. The van der Waals surface area contributed by atoms with Crippen LogP contribution in [0.3, 0.4) is 0 Å². The summed E-state index contributed by atoms with van der Waals surface area (Å²) >= 11 is 0. The third-order valence-corrected chi connectivity index (χ3v) is 3.15. The smallest absolute Gasteiger partial charge is 0.0819 e. The molecule has 0 bridgehead atoms. The minimum absolute atomic E-state index is 0.811.